The summed E-state index contributed by atoms with van der Waals surface area (Å²) in [5.74, 6) is -0.200. The standard InChI is InChI=1S/C25H19Cl3N4O3/c1-14-23(25(34)30-29-13-15-3-10-21(33)22(11-15)35-2)31-32(18-8-9-19(27)20(28)12-18)24(14)16-4-6-17(26)7-5-16/h3-13,33H,1-2H3,(H,30,34)/b29-13+. The lowest BCUT2D eigenvalue weighted by atomic mass is 10.1. The number of aromatic hydroxyl groups is 1. The van der Waals surface area contributed by atoms with Crippen LogP contribution in [0.5, 0.6) is 11.5 Å². The summed E-state index contributed by atoms with van der Waals surface area (Å²) in [5, 5.41) is 19.7. The number of amides is 1. The maximum absolute atomic E-state index is 13.0. The Bertz CT molecular complexity index is 1430. The molecule has 0 radical (unpaired) electrons. The molecule has 0 atom stereocenters. The van der Waals surface area contributed by atoms with Crippen molar-refractivity contribution in [2.75, 3.05) is 7.11 Å². The topological polar surface area (TPSA) is 88.7 Å². The fourth-order valence-corrected chi connectivity index (χ4v) is 3.87. The zero-order valence-corrected chi connectivity index (χ0v) is 20.9. The van der Waals surface area contributed by atoms with Crippen molar-refractivity contribution in [3.05, 3.63) is 92.6 Å². The number of hydrazone groups is 1. The largest absolute Gasteiger partial charge is 0.504 e. The number of ether oxygens (including phenoxy) is 1. The van der Waals surface area contributed by atoms with E-state index >= 15 is 0 Å². The highest BCUT2D eigenvalue weighted by Gasteiger charge is 2.22. The number of hydrogen-bond acceptors (Lipinski definition) is 5. The molecule has 0 bridgehead atoms. The van der Waals surface area contributed by atoms with Gasteiger partial charge in [-0.1, -0.05) is 46.9 Å². The van der Waals surface area contributed by atoms with Crippen LogP contribution < -0.4 is 10.2 Å². The van der Waals surface area contributed by atoms with E-state index < -0.39 is 5.91 Å². The zero-order valence-electron chi connectivity index (χ0n) is 18.6. The second-order valence-electron chi connectivity index (χ2n) is 7.47. The Morgan fingerprint density at radius 2 is 1.80 bits per heavy atom. The molecular weight excluding hydrogens is 511 g/mol. The molecule has 4 aromatic rings. The Balaban J connectivity index is 1.70. The molecule has 0 fully saturated rings. The van der Waals surface area contributed by atoms with Crippen LogP contribution >= 0.6 is 34.8 Å². The molecule has 0 aliphatic carbocycles. The maximum Gasteiger partial charge on any atom is 0.292 e. The Kier molecular flexibility index (Phi) is 7.31. The molecule has 4 rings (SSSR count). The number of halogens is 3. The second-order valence-corrected chi connectivity index (χ2v) is 8.72. The first-order valence-electron chi connectivity index (χ1n) is 10.3. The summed E-state index contributed by atoms with van der Waals surface area (Å²) in [6.45, 7) is 1.80. The number of rotatable bonds is 6. The van der Waals surface area contributed by atoms with Crippen LogP contribution in [0.4, 0.5) is 0 Å². The first-order valence-corrected chi connectivity index (χ1v) is 11.4. The molecule has 3 aromatic carbocycles. The first kappa shape index (κ1) is 24.6. The van der Waals surface area contributed by atoms with Gasteiger partial charge in [-0.3, -0.25) is 4.79 Å². The quantitative estimate of drug-likeness (QED) is 0.227. The Labute approximate surface area is 216 Å². The van der Waals surface area contributed by atoms with E-state index in [9.17, 15) is 9.90 Å². The molecule has 35 heavy (non-hydrogen) atoms. The van der Waals surface area contributed by atoms with Gasteiger partial charge in [0.1, 0.15) is 0 Å². The van der Waals surface area contributed by atoms with Crippen molar-refractivity contribution in [3.8, 4) is 28.4 Å². The Morgan fingerprint density at radius 1 is 1.06 bits per heavy atom. The highest BCUT2D eigenvalue weighted by Crippen LogP contribution is 2.32. The van der Waals surface area contributed by atoms with Crippen molar-refractivity contribution in [2.45, 2.75) is 6.92 Å². The first-order chi connectivity index (χ1) is 16.8. The average molecular weight is 530 g/mol. The Morgan fingerprint density at radius 3 is 2.49 bits per heavy atom. The summed E-state index contributed by atoms with van der Waals surface area (Å²) in [5.41, 5.74) is 6.07. The minimum absolute atomic E-state index is 0.00637. The average Bonchev–Trinajstić information content (AvgIpc) is 3.19. The van der Waals surface area contributed by atoms with Gasteiger partial charge in [-0.2, -0.15) is 10.2 Å². The molecule has 7 nitrogen and oxygen atoms in total. The van der Waals surface area contributed by atoms with E-state index in [1.165, 1.54) is 19.4 Å². The molecule has 178 valence electrons. The van der Waals surface area contributed by atoms with Crippen molar-refractivity contribution in [1.82, 2.24) is 15.2 Å². The number of nitrogens with zero attached hydrogens (tertiary/aromatic N) is 3. The number of phenols is 1. The summed E-state index contributed by atoms with van der Waals surface area (Å²) in [6, 6.07) is 17.0. The van der Waals surface area contributed by atoms with E-state index in [2.05, 4.69) is 15.6 Å². The lowest BCUT2D eigenvalue weighted by molar-refractivity contribution is 0.0949. The van der Waals surface area contributed by atoms with Gasteiger partial charge in [0.25, 0.3) is 5.91 Å². The van der Waals surface area contributed by atoms with Crippen molar-refractivity contribution in [3.63, 3.8) is 0 Å². The Hall–Kier alpha value is -3.52. The predicted molar refractivity (Wildman–Crippen MR) is 138 cm³/mol. The highest BCUT2D eigenvalue weighted by molar-refractivity contribution is 6.42. The number of methoxy groups -OCH3 is 1. The van der Waals surface area contributed by atoms with Gasteiger partial charge in [0.15, 0.2) is 17.2 Å². The maximum atomic E-state index is 13.0. The number of carbonyl (C=O) groups is 1. The molecule has 0 saturated heterocycles. The number of phenolic OH excluding ortho intramolecular Hbond substituents is 1. The molecule has 0 aliphatic rings. The van der Waals surface area contributed by atoms with Crippen LogP contribution in [-0.4, -0.2) is 34.1 Å². The fraction of sp³-hybridized carbons (Fsp3) is 0.0800. The van der Waals surface area contributed by atoms with Gasteiger partial charge in [-0.05, 0) is 61.0 Å². The van der Waals surface area contributed by atoms with Crippen molar-refractivity contribution in [1.29, 1.82) is 0 Å². The minimum Gasteiger partial charge on any atom is -0.504 e. The molecule has 0 spiro atoms. The number of benzene rings is 3. The van der Waals surface area contributed by atoms with Crippen LogP contribution in [-0.2, 0) is 0 Å². The van der Waals surface area contributed by atoms with Crippen LogP contribution in [0.25, 0.3) is 16.9 Å². The van der Waals surface area contributed by atoms with E-state index in [1.54, 1.807) is 54.1 Å². The molecule has 2 N–H and O–H groups in total. The molecule has 10 heteroatoms. The smallest absolute Gasteiger partial charge is 0.292 e. The van der Waals surface area contributed by atoms with Crippen molar-refractivity contribution in [2.24, 2.45) is 5.10 Å². The summed E-state index contributed by atoms with van der Waals surface area (Å²) < 4.78 is 6.71. The van der Waals surface area contributed by atoms with Crippen LogP contribution in [0.15, 0.2) is 65.8 Å². The molecule has 0 saturated carbocycles. The minimum atomic E-state index is -0.501. The van der Waals surface area contributed by atoms with E-state index in [4.69, 9.17) is 39.5 Å². The molecule has 1 aromatic heterocycles. The fourth-order valence-electron chi connectivity index (χ4n) is 3.45. The van der Waals surface area contributed by atoms with E-state index in [1.807, 2.05) is 12.1 Å². The van der Waals surface area contributed by atoms with Crippen LogP contribution in [0, 0.1) is 6.92 Å². The van der Waals surface area contributed by atoms with Gasteiger partial charge < -0.3 is 9.84 Å². The van der Waals surface area contributed by atoms with Gasteiger partial charge in [0.2, 0.25) is 0 Å². The number of nitrogens with one attached hydrogen (secondary N) is 1. The normalized spacial score (nSPS) is 11.1. The van der Waals surface area contributed by atoms with Crippen molar-refractivity contribution < 1.29 is 14.6 Å². The lowest BCUT2D eigenvalue weighted by Crippen LogP contribution is -2.19. The number of aromatic nitrogens is 2. The molecule has 1 amide bonds. The zero-order chi connectivity index (χ0) is 25.1. The molecule has 0 aliphatic heterocycles. The SMILES string of the molecule is COc1cc(/C=N/NC(=O)c2nn(-c3ccc(Cl)c(Cl)c3)c(-c3ccc(Cl)cc3)c2C)ccc1O. The lowest BCUT2D eigenvalue weighted by Gasteiger charge is -2.10. The summed E-state index contributed by atoms with van der Waals surface area (Å²) in [4.78, 5) is 13.0. The van der Waals surface area contributed by atoms with E-state index in [0.717, 1.165) is 5.56 Å². The van der Waals surface area contributed by atoms with Gasteiger partial charge >= 0.3 is 0 Å². The molecule has 1 heterocycles. The summed E-state index contributed by atoms with van der Waals surface area (Å²) in [7, 11) is 1.45. The van der Waals surface area contributed by atoms with Gasteiger partial charge in [-0.25, -0.2) is 10.1 Å². The van der Waals surface area contributed by atoms with E-state index in [-0.39, 0.29) is 11.4 Å². The monoisotopic (exact) mass is 528 g/mol. The van der Waals surface area contributed by atoms with Crippen LogP contribution in [0.1, 0.15) is 21.6 Å². The second kappa shape index (κ2) is 10.4. The third kappa shape index (κ3) is 5.27. The van der Waals surface area contributed by atoms with Gasteiger partial charge in [0.05, 0.1) is 34.8 Å². The van der Waals surface area contributed by atoms with E-state index in [0.29, 0.717) is 43.3 Å². The summed E-state index contributed by atoms with van der Waals surface area (Å²) in [6.07, 6.45) is 1.44. The molecule has 0 unspecified atom stereocenters. The van der Waals surface area contributed by atoms with Gasteiger partial charge in [-0.15, -0.1) is 0 Å². The highest BCUT2D eigenvalue weighted by atomic mass is 35.5. The van der Waals surface area contributed by atoms with Crippen molar-refractivity contribution >= 4 is 46.9 Å². The van der Waals surface area contributed by atoms with Crippen LogP contribution in [0.2, 0.25) is 15.1 Å². The third-order valence-corrected chi connectivity index (χ3v) is 6.18. The molecular formula is C25H19Cl3N4O3. The number of carbonyl (C=O) groups excluding carboxylic acids is 1. The predicted octanol–water partition coefficient (Wildman–Crippen LogP) is 6.29. The third-order valence-electron chi connectivity index (χ3n) is 5.19. The van der Waals surface area contributed by atoms with Crippen LogP contribution in [0.3, 0.4) is 0 Å². The number of hydrogen-bond donors (Lipinski definition) is 2. The summed E-state index contributed by atoms with van der Waals surface area (Å²) >= 11 is 18.4. The van der Waals surface area contributed by atoms with Gasteiger partial charge in [0, 0.05) is 16.1 Å².